The summed E-state index contributed by atoms with van der Waals surface area (Å²) in [5.41, 5.74) is 2.98. The minimum Gasteiger partial charge on any atom is -0.484 e. The zero-order valence-corrected chi connectivity index (χ0v) is 19.8. The molecule has 3 aromatic rings. The maximum absolute atomic E-state index is 13.4. The second-order valence-corrected chi connectivity index (χ2v) is 8.62. The third-order valence-electron chi connectivity index (χ3n) is 5.35. The molecule has 0 fully saturated rings. The molecule has 0 aliphatic rings. The molecule has 1 atom stereocenters. The number of aryl methyl sites for hydroxylation is 1. The van der Waals surface area contributed by atoms with Crippen molar-refractivity contribution in [2.45, 2.75) is 45.8 Å². The molecule has 0 spiro atoms. The second-order valence-electron chi connectivity index (χ2n) is 8.62. The van der Waals surface area contributed by atoms with Gasteiger partial charge in [-0.3, -0.25) is 9.59 Å². The Balaban J connectivity index is 1.89. The van der Waals surface area contributed by atoms with Crippen LogP contribution in [0, 0.1) is 12.7 Å². The monoisotopic (exact) mass is 462 g/mol. The van der Waals surface area contributed by atoms with Crippen LogP contribution in [0.4, 0.5) is 4.39 Å². The molecule has 0 aliphatic carbocycles. The summed E-state index contributed by atoms with van der Waals surface area (Å²) in [7, 11) is 0. The van der Waals surface area contributed by atoms with Crippen LogP contribution in [0.3, 0.4) is 0 Å². The van der Waals surface area contributed by atoms with E-state index >= 15 is 0 Å². The van der Waals surface area contributed by atoms with Gasteiger partial charge in [-0.2, -0.15) is 0 Å². The van der Waals surface area contributed by atoms with Crippen LogP contribution in [0.25, 0.3) is 0 Å². The summed E-state index contributed by atoms with van der Waals surface area (Å²) in [5.74, 6) is -0.546. The molecular weight excluding hydrogens is 431 g/mol. The molecule has 178 valence electrons. The molecule has 0 saturated heterocycles. The lowest BCUT2D eigenvalue weighted by atomic mass is 10.0. The number of hydrogen-bond acceptors (Lipinski definition) is 3. The first-order valence-electron chi connectivity index (χ1n) is 11.4. The van der Waals surface area contributed by atoms with E-state index in [1.165, 1.54) is 24.3 Å². The summed E-state index contributed by atoms with van der Waals surface area (Å²) in [6.45, 7) is 5.77. The fourth-order valence-electron chi connectivity index (χ4n) is 3.58. The van der Waals surface area contributed by atoms with Gasteiger partial charge >= 0.3 is 0 Å². The van der Waals surface area contributed by atoms with Gasteiger partial charge in [0.2, 0.25) is 5.91 Å². The highest BCUT2D eigenvalue weighted by atomic mass is 19.1. The lowest BCUT2D eigenvalue weighted by Crippen LogP contribution is -2.52. The average Bonchev–Trinajstić information content (AvgIpc) is 2.82. The standard InChI is InChI=1S/C28H31FN2O3/c1-20(2)30-28(33)26(17-22-7-5-4-6-8-22)31(18-23-11-9-21(3)10-12-23)27(32)19-34-25-15-13-24(29)14-16-25/h4-16,20,26H,17-19H2,1-3H3,(H,30,33). The number of benzene rings is 3. The molecule has 6 heteroatoms. The van der Waals surface area contributed by atoms with Crippen molar-refractivity contribution in [1.29, 1.82) is 0 Å². The number of amides is 2. The molecule has 0 bridgehead atoms. The number of halogens is 1. The lowest BCUT2D eigenvalue weighted by Gasteiger charge is -2.32. The van der Waals surface area contributed by atoms with Crippen LogP contribution in [-0.2, 0) is 22.6 Å². The number of nitrogens with zero attached hydrogens (tertiary/aromatic N) is 1. The Morgan fingerprint density at radius 3 is 2.18 bits per heavy atom. The van der Waals surface area contributed by atoms with Crippen LogP contribution >= 0.6 is 0 Å². The van der Waals surface area contributed by atoms with E-state index in [0.717, 1.165) is 16.7 Å². The zero-order valence-electron chi connectivity index (χ0n) is 19.8. The van der Waals surface area contributed by atoms with Crippen molar-refractivity contribution >= 4 is 11.8 Å². The molecule has 34 heavy (non-hydrogen) atoms. The fraction of sp³-hybridized carbons (Fsp3) is 0.286. The first kappa shape index (κ1) is 25.0. The highest BCUT2D eigenvalue weighted by Gasteiger charge is 2.31. The average molecular weight is 463 g/mol. The quantitative estimate of drug-likeness (QED) is 0.476. The van der Waals surface area contributed by atoms with Crippen molar-refractivity contribution < 1.29 is 18.7 Å². The smallest absolute Gasteiger partial charge is 0.261 e. The number of ether oxygens (including phenoxy) is 1. The maximum Gasteiger partial charge on any atom is 0.261 e. The van der Waals surface area contributed by atoms with Gasteiger partial charge in [0.15, 0.2) is 6.61 Å². The molecule has 0 saturated carbocycles. The molecule has 0 aliphatic heterocycles. The van der Waals surface area contributed by atoms with Crippen LogP contribution in [0.1, 0.15) is 30.5 Å². The first-order chi connectivity index (χ1) is 16.3. The molecule has 0 aromatic heterocycles. The van der Waals surface area contributed by atoms with E-state index in [2.05, 4.69) is 5.32 Å². The molecule has 3 rings (SSSR count). The van der Waals surface area contributed by atoms with Gasteiger partial charge in [-0.1, -0.05) is 60.2 Å². The normalized spacial score (nSPS) is 11.7. The van der Waals surface area contributed by atoms with Gasteiger partial charge in [-0.15, -0.1) is 0 Å². The predicted octanol–water partition coefficient (Wildman–Crippen LogP) is 4.68. The summed E-state index contributed by atoms with van der Waals surface area (Å²) < 4.78 is 18.8. The third kappa shape index (κ3) is 7.44. The summed E-state index contributed by atoms with van der Waals surface area (Å²) in [6, 6.07) is 22.2. The summed E-state index contributed by atoms with van der Waals surface area (Å²) in [4.78, 5) is 28.3. The lowest BCUT2D eigenvalue weighted by molar-refractivity contribution is -0.143. The van der Waals surface area contributed by atoms with Crippen molar-refractivity contribution in [2.24, 2.45) is 0 Å². The van der Waals surface area contributed by atoms with Crippen molar-refractivity contribution in [3.8, 4) is 5.75 Å². The molecular formula is C28H31FN2O3. The topological polar surface area (TPSA) is 58.6 Å². The van der Waals surface area contributed by atoms with E-state index in [-0.39, 0.29) is 36.8 Å². The van der Waals surface area contributed by atoms with Gasteiger partial charge in [-0.05, 0) is 56.2 Å². The number of hydrogen-bond donors (Lipinski definition) is 1. The summed E-state index contributed by atoms with van der Waals surface area (Å²) in [6.07, 6.45) is 0.369. The highest BCUT2D eigenvalue weighted by molar-refractivity contribution is 5.88. The molecule has 3 aromatic carbocycles. The minimum atomic E-state index is -0.726. The fourth-order valence-corrected chi connectivity index (χ4v) is 3.58. The molecule has 0 radical (unpaired) electrons. The third-order valence-corrected chi connectivity index (χ3v) is 5.35. The van der Waals surface area contributed by atoms with Crippen LogP contribution in [0.2, 0.25) is 0 Å². The Morgan fingerprint density at radius 1 is 0.912 bits per heavy atom. The van der Waals surface area contributed by atoms with E-state index in [1.807, 2.05) is 75.4 Å². The van der Waals surface area contributed by atoms with Gasteiger partial charge in [-0.25, -0.2) is 4.39 Å². The van der Waals surface area contributed by atoms with Gasteiger partial charge in [0.05, 0.1) is 0 Å². The van der Waals surface area contributed by atoms with Crippen molar-refractivity contribution in [3.05, 3.63) is 101 Å². The van der Waals surface area contributed by atoms with Crippen molar-refractivity contribution in [1.82, 2.24) is 10.2 Å². The SMILES string of the molecule is Cc1ccc(CN(C(=O)COc2ccc(F)cc2)C(Cc2ccccc2)C(=O)NC(C)C)cc1. The number of carbonyl (C=O) groups excluding carboxylic acids is 2. The van der Waals surface area contributed by atoms with Crippen LogP contribution in [0.5, 0.6) is 5.75 Å². The van der Waals surface area contributed by atoms with E-state index in [0.29, 0.717) is 12.2 Å². The van der Waals surface area contributed by atoms with Crippen molar-refractivity contribution in [3.63, 3.8) is 0 Å². The number of rotatable bonds is 10. The Morgan fingerprint density at radius 2 is 1.56 bits per heavy atom. The molecule has 2 amide bonds. The summed E-state index contributed by atoms with van der Waals surface area (Å²) >= 11 is 0. The van der Waals surface area contributed by atoms with Gasteiger partial charge in [0.1, 0.15) is 17.6 Å². The Labute approximate surface area is 200 Å². The van der Waals surface area contributed by atoms with Gasteiger partial charge in [0, 0.05) is 19.0 Å². The van der Waals surface area contributed by atoms with E-state index in [4.69, 9.17) is 4.74 Å². The number of nitrogens with one attached hydrogen (secondary N) is 1. The minimum absolute atomic E-state index is 0.0717. The van der Waals surface area contributed by atoms with E-state index in [1.54, 1.807) is 4.90 Å². The predicted molar refractivity (Wildman–Crippen MR) is 131 cm³/mol. The highest BCUT2D eigenvalue weighted by Crippen LogP contribution is 2.17. The molecule has 0 heterocycles. The Bertz CT molecular complexity index is 1070. The zero-order chi connectivity index (χ0) is 24.5. The van der Waals surface area contributed by atoms with Crippen LogP contribution < -0.4 is 10.1 Å². The van der Waals surface area contributed by atoms with E-state index < -0.39 is 6.04 Å². The Kier molecular flexibility index (Phi) is 8.79. The van der Waals surface area contributed by atoms with Crippen LogP contribution in [-0.4, -0.2) is 35.4 Å². The molecule has 1 N–H and O–H groups in total. The Hall–Kier alpha value is -3.67. The van der Waals surface area contributed by atoms with Gasteiger partial charge in [0.25, 0.3) is 5.91 Å². The van der Waals surface area contributed by atoms with E-state index in [9.17, 15) is 14.0 Å². The van der Waals surface area contributed by atoms with Crippen molar-refractivity contribution in [2.75, 3.05) is 6.61 Å². The van der Waals surface area contributed by atoms with Gasteiger partial charge < -0.3 is 15.0 Å². The molecule has 5 nitrogen and oxygen atoms in total. The largest absolute Gasteiger partial charge is 0.484 e. The van der Waals surface area contributed by atoms with Crippen LogP contribution in [0.15, 0.2) is 78.9 Å². The first-order valence-corrected chi connectivity index (χ1v) is 11.4. The summed E-state index contributed by atoms with van der Waals surface area (Å²) in [5, 5.41) is 2.96. The number of carbonyl (C=O) groups is 2. The molecule has 1 unspecified atom stereocenters. The maximum atomic E-state index is 13.4. The second kappa shape index (κ2) is 12.0.